The van der Waals surface area contributed by atoms with Crippen molar-refractivity contribution in [2.45, 2.75) is 31.2 Å². The zero-order valence-corrected chi connectivity index (χ0v) is 24.9. The first-order valence-electron chi connectivity index (χ1n) is 12.2. The van der Waals surface area contributed by atoms with E-state index in [1.165, 1.54) is 10.7 Å². The molecule has 41 heavy (non-hydrogen) atoms. The number of nitrogens with two attached hydrogens (primary N) is 2. The van der Waals surface area contributed by atoms with Crippen LogP contribution in [-0.2, 0) is 20.2 Å². The number of rotatable bonds is 6. The molecule has 1 heterocycles. The van der Waals surface area contributed by atoms with Crippen molar-refractivity contribution < 1.29 is 18.0 Å². The lowest BCUT2D eigenvalue weighted by Crippen LogP contribution is -2.59. The van der Waals surface area contributed by atoms with E-state index in [4.69, 9.17) is 39.8 Å². The van der Waals surface area contributed by atoms with Crippen LogP contribution in [0.3, 0.4) is 0 Å². The third-order valence-electron chi connectivity index (χ3n) is 6.30. The normalized spacial score (nSPS) is 13.4. The molecule has 0 aliphatic carbocycles. The van der Waals surface area contributed by atoms with Gasteiger partial charge in [0.1, 0.15) is 5.82 Å². The summed E-state index contributed by atoms with van der Waals surface area (Å²) in [7, 11) is -4.16. The summed E-state index contributed by atoms with van der Waals surface area (Å²) < 4.78 is 27.3. The molecule has 0 spiro atoms. The van der Waals surface area contributed by atoms with E-state index < -0.39 is 32.3 Å². The standard InChI is InChI=1S/C27H29Cl2N7O4S/c1-26(2,3)21-14-22(33-25(38)32-20-11-7-10-19(28)23(20)29)36(35-21)16-12-15-8-5-6-9-17(15)18(13-16)27(31,34-24(30)37)41(4,39)40/h5-14H,31H2,1-4H3,(H3,30,34,37)(H2,32,33,38). The van der Waals surface area contributed by atoms with Crippen LogP contribution in [0.2, 0.25) is 10.0 Å². The minimum absolute atomic E-state index is 0.0563. The molecule has 0 saturated heterocycles. The highest BCUT2D eigenvalue weighted by Crippen LogP contribution is 2.34. The minimum atomic E-state index is -4.16. The van der Waals surface area contributed by atoms with Crippen molar-refractivity contribution >= 4 is 67.4 Å². The number of anilines is 2. The predicted molar refractivity (Wildman–Crippen MR) is 162 cm³/mol. The lowest BCUT2D eigenvalue weighted by Gasteiger charge is -2.30. The summed E-state index contributed by atoms with van der Waals surface area (Å²) in [6.07, 6.45) is 0.897. The Bertz CT molecular complexity index is 1780. The maximum absolute atomic E-state index is 13.1. The number of hydrogen-bond acceptors (Lipinski definition) is 6. The highest BCUT2D eigenvalue weighted by Gasteiger charge is 2.41. The SMILES string of the molecule is CC(C)(C)c1cc(NC(=O)Nc2cccc(Cl)c2Cl)n(-c2cc(C(N)(NC(N)=O)S(C)(=O)=O)c3ccccc3c2)n1. The van der Waals surface area contributed by atoms with Gasteiger partial charge in [-0.05, 0) is 35.0 Å². The van der Waals surface area contributed by atoms with E-state index >= 15 is 0 Å². The fraction of sp³-hybridized carbons (Fsp3) is 0.222. The van der Waals surface area contributed by atoms with E-state index in [0.29, 0.717) is 27.8 Å². The molecule has 216 valence electrons. The van der Waals surface area contributed by atoms with E-state index in [1.807, 2.05) is 20.8 Å². The molecule has 0 bridgehead atoms. The van der Waals surface area contributed by atoms with E-state index in [-0.39, 0.29) is 21.4 Å². The second-order valence-electron chi connectivity index (χ2n) is 10.5. The number of sulfone groups is 1. The van der Waals surface area contributed by atoms with Crippen molar-refractivity contribution in [2.24, 2.45) is 11.5 Å². The molecule has 0 fully saturated rings. The van der Waals surface area contributed by atoms with E-state index in [2.05, 4.69) is 16.0 Å². The van der Waals surface area contributed by atoms with Gasteiger partial charge in [-0.1, -0.05) is 74.3 Å². The lowest BCUT2D eigenvalue weighted by atomic mass is 9.92. The molecule has 4 aromatic rings. The number of halogens is 2. The second-order valence-corrected chi connectivity index (χ2v) is 13.4. The van der Waals surface area contributed by atoms with Gasteiger partial charge in [-0.25, -0.2) is 22.7 Å². The van der Waals surface area contributed by atoms with Crippen LogP contribution in [-0.4, -0.2) is 36.5 Å². The summed E-state index contributed by atoms with van der Waals surface area (Å²) in [4.78, 5) is 22.6. The summed E-state index contributed by atoms with van der Waals surface area (Å²) in [5.41, 5.74) is 12.6. The van der Waals surface area contributed by atoms with Gasteiger partial charge >= 0.3 is 12.1 Å². The number of amides is 4. The Morgan fingerprint density at radius 2 is 1.66 bits per heavy atom. The van der Waals surface area contributed by atoms with Gasteiger partial charge in [0.15, 0.2) is 9.84 Å². The van der Waals surface area contributed by atoms with Crippen molar-refractivity contribution in [3.05, 3.63) is 82.0 Å². The number of benzene rings is 3. The third-order valence-corrected chi connectivity index (χ3v) is 8.61. The first kappa shape index (κ1) is 30.1. The van der Waals surface area contributed by atoms with Crippen LogP contribution >= 0.6 is 23.2 Å². The van der Waals surface area contributed by atoms with Crippen molar-refractivity contribution in [1.82, 2.24) is 15.1 Å². The fourth-order valence-corrected chi connectivity index (χ4v) is 5.37. The van der Waals surface area contributed by atoms with Crippen LogP contribution < -0.4 is 27.4 Å². The average Bonchev–Trinajstić information content (AvgIpc) is 3.29. The Hall–Kier alpha value is -3.84. The molecular weight excluding hydrogens is 589 g/mol. The number of urea groups is 2. The van der Waals surface area contributed by atoms with Gasteiger partial charge in [-0.15, -0.1) is 0 Å². The zero-order chi connectivity index (χ0) is 30.3. The van der Waals surface area contributed by atoms with Gasteiger partial charge < -0.3 is 16.4 Å². The van der Waals surface area contributed by atoms with Gasteiger partial charge in [0.05, 0.1) is 27.1 Å². The monoisotopic (exact) mass is 617 g/mol. The van der Waals surface area contributed by atoms with Gasteiger partial charge in [0, 0.05) is 23.3 Å². The first-order valence-corrected chi connectivity index (χ1v) is 14.9. The molecule has 4 amide bonds. The van der Waals surface area contributed by atoms with Crippen LogP contribution in [0.25, 0.3) is 16.5 Å². The lowest BCUT2D eigenvalue weighted by molar-refractivity contribution is 0.242. The maximum atomic E-state index is 13.1. The fourth-order valence-electron chi connectivity index (χ4n) is 4.17. The molecule has 7 N–H and O–H groups in total. The summed E-state index contributed by atoms with van der Waals surface area (Å²) in [5.74, 6) is 0.261. The molecule has 1 unspecified atom stereocenters. The molecular formula is C27H29Cl2N7O4S. The zero-order valence-electron chi connectivity index (χ0n) is 22.6. The number of carbonyl (C=O) groups excluding carboxylic acids is 2. The van der Waals surface area contributed by atoms with E-state index in [1.54, 1.807) is 54.6 Å². The number of nitrogens with zero attached hydrogens (tertiary/aromatic N) is 2. The number of carbonyl (C=O) groups is 2. The summed E-state index contributed by atoms with van der Waals surface area (Å²) in [5, 5.41) is 13.9. The Labute approximate surface area is 247 Å². The highest BCUT2D eigenvalue weighted by atomic mass is 35.5. The molecule has 0 aliphatic rings. The molecule has 3 aromatic carbocycles. The molecule has 1 atom stereocenters. The van der Waals surface area contributed by atoms with E-state index in [9.17, 15) is 18.0 Å². The third kappa shape index (κ3) is 6.10. The van der Waals surface area contributed by atoms with Gasteiger partial charge in [0.25, 0.3) is 0 Å². The Morgan fingerprint density at radius 3 is 2.29 bits per heavy atom. The molecule has 14 heteroatoms. The topological polar surface area (TPSA) is 174 Å². The van der Waals surface area contributed by atoms with Crippen LogP contribution in [0, 0.1) is 0 Å². The van der Waals surface area contributed by atoms with Crippen LogP contribution in [0.15, 0.2) is 60.7 Å². The van der Waals surface area contributed by atoms with E-state index in [0.717, 1.165) is 6.26 Å². The number of aromatic nitrogens is 2. The summed E-state index contributed by atoms with van der Waals surface area (Å²) >= 11 is 12.3. The maximum Gasteiger partial charge on any atom is 0.324 e. The van der Waals surface area contributed by atoms with Gasteiger partial charge in [-0.3, -0.25) is 11.1 Å². The molecule has 1 aromatic heterocycles. The van der Waals surface area contributed by atoms with Crippen LogP contribution in [0.4, 0.5) is 21.1 Å². The first-order chi connectivity index (χ1) is 19.0. The number of primary amides is 1. The highest BCUT2D eigenvalue weighted by molar-refractivity contribution is 7.91. The van der Waals surface area contributed by atoms with Crippen LogP contribution in [0.1, 0.15) is 32.0 Å². The summed E-state index contributed by atoms with van der Waals surface area (Å²) in [6, 6.07) is 14.9. The Kier molecular flexibility index (Phi) is 7.98. The van der Waals surface area contributed by atoms with Crippen LogP contribution in [0.5, 0.6) is 0 Å². The van der Waals surface area contributed by atoms with Crippen molar-refractivity contribution in [3.8, 4) is 5.69 Å². The van der Waals surface area contributed by atoms with Crippen molar-refractivity contribution in [2.75, 3.05) is 16.9 Å². The smallest absolute Gasteiger partial charge is 0.324 e. The number of fused-ring (bicyclic) bond motifs is 1. The molecule has 0 saturated carbocycles. The Balaban J connectivity index is 1.90. The number of hydrogen-bond donors (Lipinski definition) is 5. The quantitative estimate of drug-likeness (QED) is 0.189. The molecule has 0 aliphatic heterocycles. The number of nitrogens with one attached hydrogen (secondary N) is 3. The molecule has 11 nitrogen and oxygen atoms in total. The largest absolute Gasteiger partial charge is 0.352 e. The Morgan fingerprint density at radius 1 is 0.976 bits per heavy atom. The minimum Gasteiger partial charge on any atom is -0.352 e. The summed E-state index contributed by atoms with van der Waals surface area (Å²) in [6.45, 7) is 5.85. The van der Waals surface area contributed by atoms with Crippen molar-refractivity contribution in [1.29, 1.82) is 0 Å². The van der Waals surface area contributed by atoms with Crippen molar-refractivity contribution in [3.63, 3.8) is 0 Å². The second kappa shape index (κ2) is 10.9. The van der Waals surface area contributed by atoms with Gasteiger partial charge in [0.2, 0.25) is 4.99 Å². The molecule has 4 rings (SSSR count). The predicted octanol–water partition coefficient (Wildman–Crippen LogP) is 5.06. The van der Waals surface area contributed by atoms with Gasteiger partial charge in [-0.2, -0.15) is 5.10 Å². The molecule has 0 radical (unpaired) electrons. The average molecular weight is 619 g/mol.